The van der Waals surface area contributed by atoms with Crippen molar-refractivity contribution in [2.45, 2.75) is 117 Å². The summed E-state index contributed by atoms with van der Waals surface area (Å²) in [4.78, 5) is 29.5. The second kappa shape index (κ2) is 17.4. The average Bonchev–Trinajstić information content (AvgIpc) is 3.30. The maximum Gasteiger partial charge on any atom is 0.514 e. The van der Waals surface area contributed by atoms with E-state index in [1.165, 1.54) is 78.9 Å². The maximum absolute atomic E-state index is 13.0. The highest BCUT2D eigenvalue weighted by Crippen LogP contribution is 2.61. The fourth-order valence-corrected chi connectivity index (χ4v) is 15.2. The molecule has 0 N–H and O–H groups in total. The molecule has 65 heavy (non-hydrogen) atoms. The number of carbonyl (C=O) groups is 2. The molecule has 0 amide bonds. The van der Waals surface area contributed by atoms with Gasteiger partial charge in [0.2, 0.25) is 0 Å². The molecule has 336 valence electrons. The van der Waals surface area contributed by atoms with Crippen molar-refractivity contribution in [2.75, 3.05) is 0 Å². The Morgan fingerprint density at radius 3 is 1.11 bits per heavy atom. The first kappa shape index (κ1) is 42.2. The molecule has 0 aromatic heterocycles. The van der Waals surface area contributed by atoms with E-state index in [1.54, 1.807) is 24.3 Å². The number of hydrogen-bond donors (Lipinski definition) is 0. The zero-order valence-corrected chi connectivity index (χ0v) is 38.2. The molecular weight excluding hydrogens is 833 g/mol. The highest BCUT2D eigenvalue weighted by molar-refractivity contribution is 7.97. The Balaban J connectivity index is 0.668. The van der Waals surface area contributed by atoms with Gasteiger partial charge in [-0.15, -0.1) is 0 Å². The van der Waals surface area contributed by atoms with Gasteiger partial charge in [-0.1, -0.05) is 42.5 Å². The molecule has 0 unspecified atom stereocenters. The van der Waals surface area contributed by atoms with Crippen LogP contribution in [0.2, 0.25) is 0 Å². The molecule has 0 spiro atoms. The van der Waals surface area contributed by atoms with Crippen LogP contribution in [0.5, 0.6) is 23.0 Å². The molecule has 8 aliphatic carbocycles. The first-order chi connectivity index (χ1) is 31.6. The summed E-state index contributed by atoms with van der Waals surface area (Å²) >= 11 is 0. The second-order valence-corrected chi connectivity index (χ2v) is 22.3. The van der Waals surface area contributed by atoms with Crippen molar-refractivity contribution < 1.29 is 38.0 Å². The normalized spacial score (nSPS) is 30.6. The van der Waals surface area contributed by atoms with Crippen LogP contribution in [0.1, 0.15) is 89.2 Å². The Bertz CT molecular complexity index is 2260. The molecule has 0 saturated heterocycles. The Morgan fingerprint density at radius 2 is 0.754 bits per heavy atom. The zero-order chi connectivity index (χ0) is 44.1. The molecule has 0 radical (unpaired) electrons. The topological polar surface area (TPSA) is 89.5 Å². The van der Waals surface area contributed by atoms with Crippen molar-refractivity contribution in [3.05, 3.63) is 139 Å². The Hall–Kier alpha value is -5.41. The van der Waals surface area contributed by atoms with Gasteiger partial charge in [-0.05, 0) is 221 Å². The number of carbonyl (C=O) groups excluding carboxylic acids is 2. The number of rotatable bonds is 13. The van der Waals surface area contributed by atoms with E-state index in [0.29, 0.717) is 48.4 Å². The van der Waals surface area contributed by atoms with Gasteiger partial charge in [-0.25, -0.2) is 9.59 Å². The van der Waals surface area contributed by atoms with Crippen LogP contribution in [-0.2, 0) is 33.6 Å². The summed E-state index contributed by atoms with van der Waals surface area (Å²) in [7, 11) is -0.354. The molecule has 5 aromatic rings. The smallest absolute Gasteiger partial charge is 0.489 e. The third kappa shape index (κ3) is 8.73. The van der Waals surface area contributed by atoms with Gasteiger partial charge in [0.15, 0.2) is 14.7 Å². The molecular formula is C56H59O8S+. The van der Waals surface area contributed by atoms with Crippen molar-refractivity contribution in [3.63, 3.8) is 0 Å². The van der Waals surface area contributed by atoms with E-state index in [0.717, 1.165) is 46.3 Å². The predicted octanol–water partition coefficient (Wildman–Crippen LogP) is 13.4. The molecule has 8 nitrogen and oxygen atoms in total. The molecule has 8 bridgehead atoms. The first-order valence-corrected chi connectivity index (χ1v) is 25.1. The SMILES string of the molecule is CC1(OC(=O)Oc2ccc(COc3ccc([S+](c4ccccc4)c4ccc(OCc5ccc(OC(=O)OC6(C)C7CC8CC(C7)CC6C8)cc5)cc4)cc3)cc2)C2CC3CC(C2)CC1C3. The molecule has 0 heterocycles. The standard InChI is InChI=1S/C56H59O8S/c1-55(42-26-38-24-39(28-42)29-43(55)27-38)63-53(57)61-48-12-8-36(9-13-48)34-59-46-16-20-51(21-17-46)65(50-6-4-3-5-7-50)52-22-18-47(19-23-52)60-35-37-10-14-49(15-11-37)62-54(58)64-56(2)44-30-40-25-41(32-44)33-45(56)31-40/h3-23,38-45H,24-35H2,1-2H3/q+1. The predicted molar refractivity (Wildman–Crippen MR) is 248 cm³/mol. The van der Waals surface area contributed by atoms with E-state index in [9.17, 15) is 9.59 Å². The lowest BCUT2D eigenvalue weighted by atomic mass is 9.50. The first-order valence-electron chi connectivity index (χ1n) is 23.9. The van der Waals surface area contributed by atoms with Gasteiger partial charge >= 0.3 is 12.3 Å². The lowest BCUT2D eigenvalue weighted by Gasteiger charge is -2.58. The van der Waals surface area contributed by atoms with E-state index < -0.39 is 23.5 Å². The maximum atomic E-state index is 13.0. The summed E-state index contributed by atoms with van der Waals surface area (Å²) in [6.45, 7) is 5.03. The summed E-state index contributed by atoms with van der Waals surface area (Å²) in [6.07, 6.45) is 10.9. The quantitative estimate of drug-likeness (QED) is 0.0656. The van der Waals surface area contributed by atoms with Crippen LogP contribution in [0.15, 0.2) is 142 Å². The lowest BCUT2D eigenvalue weighted by molar-refractivity contribution is -0.169. The van der Waals surface area contributed by atoms with Gasteiger partial charge in [0.1, 0.15) is 47.4 Å². The Morgan fingerprint density at radius 1 is 0.431 bits per heavy atom. The molecule has 9 heteroatoms. The monoisotopic (exact) mass is 891 g/mol. The van der Waals surface area contributed by atoms with E-state index >= 15 is 0 Å². The molecule has 8 aliphatic rings. The van der Waals surface area contributed by atoms with Crippen LogP contribution in [0.25, 0.3) is 0 Å². The Kier molecular flexibility index (Phi) is 11.3. The van der Waals surface area contributed by atoms with Gasteiger partial charge in [-0.3, -0.25) is 0 Å². The van der Waals surface area contributed by atoms with E-state index in [1.807, 2.05) is 54.6 Å². The van der Waals surface area contributed by atoms with Gasteiger partial charge in [0.05, 0.1) is 10.9 Å². The summed E-state index contributed by atoms with van der Waals surface area (Å²) in [6, 6.07) is 42.1. The molecule has 13 rings (SSSR count). The van der Waals surface area contributed by atoms with Crippen molar-refractivity contribution in [1.82, 2.24) is 0 Å². The minimum absolute atomic E-state index is 0.354. The van der Waals surface area contributed by atoms with E-state index in [2.05, 4.69) is 62.4 Å². The minimum atomic E-state index is -0.602. The van der Waals surface area contributed by atoms with Crippen LogP contribution in [0, 0.1) is 47.3 Å². The minimum Gasteiger partial charge on any atom is -0.489 e. The number of hydrogen-bond acceptors (Lipinski definition) is 8. The average molecular weight is 892 g/mol. The van der Waals surface area contributed by atoms with Crippen molar-refractivity contribution >= 4 is 23.2 Å². The van der Waals surface area contributed by atoms with Crippen LogP contribution >= 0.6 is 0 Å². The van der Waals surface area contributed by atoms with E-state index in [4.69, 9.17) is 28.4 Å². The second-order valence-electron chi connectivity index (χ2n) is 20.3. The highest BCUT2D eigenvalue weighted by Gasteiger charge is 2.58. The van der Waals surface area contributed by atoms with Gasteiger partial charge in [0.25, 0.3) is 0 Å². The fraction of sp³-hybridized carbons (Fsp3) is 0.429. The largest absolute Gasteiger partial charge is 0.514 e. The van der Waals surface area contributed by atoms with Gasteiger partial charge in [-0.2, -0.15) is 0 Å². The third-order valence-electron chi connectivity index (χ3n) is 16.3. The Labute approximate surface area is 385 Å². The van der Waals surface area contributed by atoms with E-state index in [-0.39, 0.29) is 10.9 Å². The molecule has 0 aliphatic heterocycles. The summed E-state index contributed by atoms with van der Waals surface area (Å²) in [5, 5.41) is 0. The van der Waals surface area contributed by atoms with Crippen LogP contribution < -0.4 is 18.9 Å². The molecule has 8 fully saturated rings. The molecule has 0 atom stereocenters. The third-order valence-corrected chi connectivity index (χ3v) is 18.5. The highest BCUT2D eigenvalue weighted by atomic mass is 32.2. The molecule has 5 aromatic carbocycles. The van der Waals surface area contributed by atoms with Crippen LogP contribution in [0.3, 0.4) is 0 Å². The van der Waals surface area contributed by atoms with Gasteiger partial charge < -0.3 is 28.4 Å². The summed E-state index contributed by atoms with van der Waals surface area (Å²) in [5.41, 5.74) is 1.10. The van der Waals surface area contributed by atoms with Crippen molar-refractivity contribution in [3.8, 4) is 23.0 Å². The van der Waals surface area contributed by atoms with Crippen molar-refractivity contribution in [2.24, 2.45) is 47.3 Å². The number of ether oxygens (including phenoxy) is 6. The van der Waals surface area contributed by atoms with Crippen molar-refractivity contribution in [1.29, 1.82) is 0 Å². The molecule has 8 saturated carbocycles. The van der Waals surface area contributed by atoms with Crippen LogP contribution in [-0.4, -0.2) is 23.5 Å². The summed E-state index contributed by atoms with van der Waals surface area (Å²) < 4.78 is 35.9. The summed E-state index contributed by atoms with van der Waals surface area (Å²) in [5.74, 6) is 7.50. The van der Waals surface area contributed by atoms with Crippen LogP contribution in [0.4, 0.5) is 9.59 Å². The number of benzene rings is 5. The lowest BCUT2D eigenvalue weighted by Crippen LogP contribution is -2.58. The van der Waals surface area contributed by atoms with Gasteiger partial charge in [0, 0.05) is 0 Å². The zero-order valence-electron chi connectivity index (χ0n) is 37.4. The fourth-order valence-electron chi connectivity index (χ4n) is 13.1.